The summed E-state index contributed by atoms with van der Waals surface area (Å²) in [7, 11) is 0. The first kappa shape index (κ1) is 20.8. The maximum Gasteiger partial charge on any atom is 0.259 e. The number of rotatable bonds is 4. The predicted octanol–water partition coefficient (Wildman–Crippen LogP) is 4.92. The number of hydrogen-bond donors (Lipinski definition) is 0. The Morgan fingerprint density at radius 2 is 1.91 bits per heavy atom. The summed E-state index contributed by atoms with van der Waals surface area (Å²) in [6, 6.07) is 16.5. The molecule has 3 aromatic heterocycles. The largest absolute Gasteiger partial charge is 0.337 e. The maximum atomic E-state index is 13.7. The Bertz CT molecular complexity index is 1250. The molecule has 0 radical (unpaired) electrons. The zero-order chi connectivity index (χ0) is 22.1. The molecule has 1 aliphatic heterocycles. The molecule has 0 bridgehead atoms. The van der Waals surface area contributed by atoms with E-state index in [9.17, 15) is 4.79 Å². The standard InChI is InChI=1S/C25H26N4O2S/c1-17-9-10-22(32-17)21-15-20(23-18(2)27-31-24(23)26-21)25(30)29-12-6-11-28(13-14-29)16-19-7-4-3-5-8-19/h3-5,7-10,15H,6,11-14,16H2,1-2H3. The third-order valence-corrected chi connectivity index (χ3v) is 6.99. The van der Waals surface area contributed by atoms with Gasteiger partial charge in [0.25, 0.3) is 11.6 Å². The number of fused-ring (bicyclic) bond motifs is 1. The summed E-state index contributed by atoms with van der Waals surface area (Å²) in [5.41, 5.74) is 3.82. The lowest BCUT2D eigenvalue weighted by atomic mass is 10.1. The van der Waals surface area contributed by atoms with Crippen molar-refractivity contribution >= 4 is 28.3 Å². The quantitative estimate of drug-likeness (QED) is 0.445. The normalized spacial score (nSPS) is 15.2. The van der Waals surface area contributed by atoms with Gasteiger partial charge in [-0.05, 0) is 44.0 Å². The van der Waals surface area contributed by atoms with E-state index in [0.29, 0.717) is 23.5 Å². The van der Waals surface area contributed by atoms with Crippen LogP contribution in [-0.2, 0) is 6.54 Å². The topological polar surface area (TPSA) is 62.5 Å². The first-order valence-corrected chi connectivity index (χ1v) is 11.8. The lowest BCUT2D eigenvalue weighted by Gasteiger charge is -2.22. The first-order chi connectivity index (χ1) is 15.6. The van der Waals surface area contributed by atoms with Gasteiger partial charge in [0.1, 0.15) is 0 Å². The van der Waals surface area contributed by atoms with Crippen molar-refractivity contribution in [1.82, 2.24) is 19.9 Å². The summed E-state index contributed by atoms with van der Waals surface area (Å²) < 4.78 is 5.47. The molecule has 1 aliphatic rings. The average molecular weight is 447 g/mol. The van der Waals surface area contributed by atoms with Crippen LogP contribution in [0.4, 0.5) is 0 Å². The van der Waals surface area contributed by atoms with Crippen LogP contribution < -0.4 is 0 Å². The summed E-state index contributed by atoms with van der Waals surface area (Å²) in [5, 5.41) is 4.81. The highest BCUT2D eigenvalue weighted by Crippen LogP contribution is 2.31. The number of nitrogens with zero attached hydrogens (tertiary/aromatic N) is 4. The van der Waals surface area contributed by atoms with Crippen molar-refractivity contribution in [2.45, 2.75) is 26.8 Å². The minimum atomic E-state index is 0.0276. The van der Waals surface area contributed by atoms with Gasteiger partial charge in [0.2, 0.25) is 0 Å². The molecule has 0 atom stereocenters. The molecular formula is C25H26N4O2S. The fraction of sp³-hybridized carbons (Fsp3) is 0.320. The Hall–Kier alpha value is -3.03. The van der Waals surface area contributed by atoms with E-state index in [1.165, 1.54) is 10.4 Å². The minimum Gasteiger partial charge on any atom is -0.337 e. The van der Waals surface area contributed by atoms with E-state index in [1.54, 1.807) is 11.3 Å². The molecule has 6 nitrogen and oxygen atoms in total. The zero-order valence-electron chi connectivity index (χ0n) is 18.4. The molecule has 7 heteroatoms. The molecule has 32 heavy (non-hydrogen) atoms. The monoisotopic (exact) mass is 446 g/mol. The molecular weight excluding hydrogens is 420 g/mol. The molecule has 1 amide bonds. The number of carbonyl (C=O) groups is 1. The van der Waals surface area contributed by atoms with Crippen molar-refractivity contribution in [2.24, 2.45) is 0 Å². The molecule has 0 aliphatic carbocycles. The third-order valence-electron chi connectivity index (χ3n) is 5.97. The van der Waals surface area contributed by atoms with E-state index >= 15 is 0 Å². The smallest absolute Gasteiger partial charge is 0.259 e. The molecule has 1 aromatic carbocycles. The molecule has 1 saturated heterocycles. The van der Waals surface area contributed by atoms with Gasteiger partial charge in [-0.15, -0.1) is 11.3 Å². The highest BCUT2D eigenvalue weighted by atomic mass is 32.1. The van der Waals surface area contributed by atoms with Crippen LogP contribution in [-0.4, -0.2) is 52.0 Å². The van der Waals surface area contributed by atoms with Crippen molar-refractivity contribution in [2.75, 3.05) is 26.2 Å². The number of amides is 1. The van der Waals surface area contributed by atoms with Crippen LogP contribution in [0.2, 0.25) is 0 Å². The number of pyridine rings is 1. The van der Waals surface area contributed by atoms with E-state index in [4.69, 9.17) is 4.52 Å². The van der Waals surface area contributed by atoms with Gasteiger partial charge in [-0.2, -0.15) is 0 Å². The van der Waals surface area contributed by atoms with Crippen molar-refractivity contribution in [3.63, 3.8) is 0 Å². The second-order valence-corrected chi connectivity index (χ2v) is 9.61. The Kier molecular flexibility index (Phi) is 5.76. The van der Waals surface area contributed by atoms with Gasteiger partial charge in [-0.3, -0.25) is 9.69 Å². The number of carbonyl (C=O) groups excluding carboxylic acids is 1. The zero-order valence-corrected chi connectivity index (χ0v) is 19.2. The van der Waals surface area contributed by atoms with E-state index in [2.05, 4.69) is 52.3 Å². The molecule has 4 heterocycles. The number of aryl methyl sites for hydroxylation is 2. The van der Waals surface area contributed by atoms with Gasteiger partial charge in [-0.25, -0.2) is 4.98 Å². The number of hydrogen-bond acceptors (Lipinski definition) is 6. The van der Waals surface area contributed by atoms with Crippen molar-refractivity contribution in [1.29, 1.82) is 0 Å². The number of aromatic nitrogens is 2. The molecule has 0 spiro atoms. The van der Waals surface area contributed by atoms with Gasteiger partial charge in [0.15, 0.2) is 0 Å². The van der Waals surface area contributed by atoms with Crippen LogP contribution in [0.1, 0.15) is 32.9 Å². The second kappa shape index (κ2) is 8.84. The fourth-order valence-corrected chi connectivity index (χ4v) is 5.13. The van der Waals surface area contributed by atoms with Crippen LogP contribution in [0.15, 0.2) is 53.1 Å². The molecule has 5 rings (SSSR count). The van der Waals surface area contributed by atoms with Crippen LogP contribution >= 0.6 is 11.3 Å². The van der Waals surface area contributed by atoms with Crippen molar-refractivity contribution in [3.8, 4) is 10.6 Å². The lowest BCUT2D eigenvalue weighted by Crippen LogP contribution is -2.35. The summed E-state index contributed by atoms with van der Waals surface area (Å²) in [5.74, 6) is 0.0276. The second-order valence-electron chi connectivity index (χ2n) is 8.32. The lowest BCUT2D eigenvalue weighted by molar-refractivity contribution is 0.0763. The van der Waals surface area contributed by atoms with Crippen LogP contribution in [0.3, 0.4) is 0 Å². The summed E-state index contributed by atoms with van der Waals surface area (Å²) in [4.78, 5) is 25.0. The summed E-state index contributed by atoms with van der Waals surface area (Å²) in [6.07, 6.45) is 0.951. The van der Waals surface area contributed by atoms with E-state index in [0.717, 1.165) is 48.6 Å². The molecule has 164 valence electrons. The van der Waals surface area contributed by atoms with Crippen LogP contribution in [0.5, 0.6) is 0 Å². The Morgan fingerprint density at radius 1 is 1.06 bits per heavy atom. The molecule has 0 N–H and O–H groups in total. The maximum absolute atomic E-state index is 13.7. The van der Waals surface area contributed by atoms with E-state index in [1.807, 2.05) is 30.0 Å². The van der Waals surface area contributed by atoms with Gasteiger partial charge in [-0.1, -0.05) is 35.5 Å². The van der Waals surface area contributed by atoms with Crippen molar-refractivity contribution in [3.05, 3.63) is 70.2 Å². The van der Waals surface area contributed by atoms with Crippen LogP contribution in [0, 0.1) is 13.8 Å². The van der Waals surface area contributed by atoms with Gasteiger partial charge >= 0.3 is 0 Å². The predicted molar refractivity (Wildman–Crippen MR) is 127 cm³/mol. The van der Waals surface area contributed by atoms with Crippen LogP contribution in [0.25, 0.3) is 21.7 Å². The number of thiophene rings is 1. The van der Waals surface area contributed by atoms with Crippen molar-refractivity contribution < 1.29 is 9.32 Å². The first-order valence-electron chi connectivity index (χ1n) is 11.0. The van der Waals surface area contributed by atoms with Gasteiger partial charge in [0, 0.05) is 37.6 Å². The summed E-state index contributed by atoms with van der Waals surface area (Å²) in [6.45, 7) is 8.12. The third kappa shape index (κ3) is 4.18. The highest BCUT2D eigenvalue weighted by Gasteiger charge is 2.25. The molecule has 1 fully saturated rings. The Balaban J connectivity index is 1.41. The van der Waals surface area contributed by atoms with E-state index < -0.39 is 0 Å². The van der Waals surface area contributed by atoms with Gasteiger partial charge in [0.05, 0.1) is 27.2 Å². The highest BCUT2D eigenvalue weighted by molar-refractivity contribution is 7.15. The molecule has 0 saturated carbocycles. The molecule has 4 aromatic rings. The molecule has 0 unspecified atom stereocenters. The Labute approximate surface area is 191 Å². The average Bonchev–Trinajstić information content (AvgIpc) is 3.33. The van der Waals surface area contributed by atoms with Gasteiger partial charge < -0.3 is 9.42 Å². The Morgan fingerprint density at radius 3 is 2.69 bits per heavy atom. The number of benzene rings is 1. The van der Waals surface area contributed by atoms with E-state index in [-0.39, 0.29) is 5.91 Å². The summed E-state index contributed by atoms with van der Waals surface area (Å²) >= 11 is 1.66. The SMILES string of the molecule is Cc1ccc(-c2cc(C(=O)N3CCCN(Cc4ccccc4)CC3)c3c(C)noc3n2)s1. The minimum absolute atomic E-state index is 0.0276. The fourth-order valence-electron chi connectivity index (χ4n) is 4.31.